The van der Waals surface area contributed by atoms with Crippen LogP contribution >= 0.6 is 15.9 Å². The van der Waals surface area contributed by atoms with E-state index in [1.807, 2.05) is 26.2 Å². The van der Waals surface area contributed by atoms with Gasteiger partial charge in [0.05, 0.1) is 16.3 Å². The zero-order valence-electron chi connectivity index (χ0n) is 11.3. The van der Waals surface area contributed by atoms with Gasteiger partial charge in [0, 0.05) is 25.9 Å². The van der Waals surface area contributed by atoms with Gasteiger partial charge in [-0.15, -0.1) is 0 Å². The van der Waals surface area contributed by atoms with Gasteiger partial charge in [-0.25, -0.2) is 0 Å². The predicted molar refractivity (Wildman–Crippen MR) is 80.7 cm³/mol. The Labute approximate surface area is 125 Å². The summed E-state index contributed by atoms with van der Waals surface area (Å²) in [5.74, 6) is 0. The first-order valence-electron chi connectivity index (χ1n) is 6.21. The maximum absolute atomic E-state index is 10.9. The van der Waals surface area contributed by atoms with E-state index >= 15 is 0 Å². The summed E-state index contributed by atoms with van der Waals surface area (Å²) in [6, 6.07) is 5.02. The van der Waals surface area contributed by atoms with E-state index in [9.17, 15) is 10.1 Å². The van der Waals surface area contributed by atoms with Crippen LogP contribution < -0.4 is 5.32 Å². The Morgan fingerprint density at radius 3 is 2.90 bits per heavy atom. The highest BCUT2D eigenvalue weighted by atomic mass is 79.9. The Balaban J connectivity index is 2.19. The molecule has 0 saturated heterocycles. The Kier molecular flexibility index (Phi) is 4.39. The summed E-state index contributed by atoms with van der Waals surface area (Å²) in [5, 5.41) is 18.5. The first-order valence-corrected chi connectivity index (χ1v) is 7.00. The lowest BCUT2D eigenvalue weighted by molar-refractivity contribution is -0.385. The normalized spacial score (nSPS) is 10.6. The van der Waals surface area contributed by atoms with Gasteiger partial charge >= 0.3 is 0 Å². The highest BCUT2D eigenvalue weighted by molar-refractivity contribution is 9.10. The first kappa shape index (κ1) is 14.5. The number of anilines is 1. The van der Waals surface area contributed by atoms with Crippen molar-refractivity contribution in [3.05, 3.63) is 50.2 Å². The first-order chi connectivity index (χ1) is 9.52. The standard InChI is InChI=1S/C13H15BrN4O2/c1-3-10-11(8-17(2)16-10)15-7-9-5-4-6-12(13(9)14)18(19)20/h4-6,8,15H,3,7H2,1-2H3. The van der Waals surface area contributed by atoms with E-state index in [0.29, 0.717) is 11.0 Å². The molecule has 0 aliphatic carbocycles. The molecule has 0 atom stereocenters. The number of hydrogen-bond donors (Lipinski definition) is 1. The third-order valence-corrected chi connectivity index (χ3v) is 3.88. The van der Waals surface area contributed by atoms with Crippen molar-refractivity contribution in [1.82, 2.24) is 9.78 Å². The molecule has 1 heterocycles. The van der Waals surface area contributed by atoms with E-state index in [2.05, 4.69) is 26.3 Å². The smallest absolute Gasteiger partial charge is 0.283 e. The molecule has 0 spiro atoms. The van der Waals surface area contributed by atoms with Gasteiger partial charge in [0.15, 0.2) is 0 Å². The number of hydrogen-bond acceptors (Lipinski definition) is 4. The molecule has 2 rings (SSSR count). The molecule has 0 amide bonds. The van der Waals surface area contributed by atoms with Crippen LogP contribution in [-0.2, 0) is 20.0 Å². The number of aryl methyl sites for hydroxylation is 2. The monoisotopic (exact) mass is 338 g/mol. The largest absolute Gasteiger partial charge is 0.378 e. The van der Waals surface area contributed by atoms with Crippen LogP contribution in [0.3, 0.4) is 0 Å². The third-order valence-electron chi connectivity index (χ3n) is 2.96. The molecule has 106 valence electrons. The highest BCUT2D eigenvalue weighted by Crippen LogP contribution is 2.29. The quantitative estimate of drug-likeness (QED) is 0.670. The van der Waals surface area contributed by atoms with Crippen molar-refractivity contribution >= 4 is 27.3 Å². The van der Waals surface area contributed by atoms with Crippen LogP contribution in [0.4, 0.5) is 11.4 Å². The second-order valence-electron chi connectivity index (χ2n) is 4.38. The molecule has 0 radical (unpaired) electrons. The summed E-state index contributed by atoms with van der Waals surface area (Å²) in [6.07, 6.45) is 2.74. The number of nitrogens with one attached hydrogen (secondary N) is 1. The summed E-state index contributed by atoms with van der Waals surface area (Å²) < 4.78 is 2.27. The van der Waals surface area contributed by atoms with Crippen LogP contribution in [0.2, 0.25) is 0 Å². The van der Waals surface area contributed by atoms with E-state index in [1.54, 1.807) is 10.7 Å². The second-order valence-corrected chi connectivity index (χ2v) is 5.17. The lowest BCUT2D eigenvalue weighted by Crippen LogP contribution is -2.02. The second kappa shape index (κ2) is 6.04. The van der Waals surface area contributed by atoms with E-state index in [4.69, 9.17) is 0 Å². The van der Waals surface area contributed by atoms with Crippen LogP contribution in [0.5, 0.6) is 0 Å². The number of nitrogens with zero attached hydrogens (tertiary/aromatic N) is 3. The third kappa shape index (κ3) is 2.98. The molecule has 7 heteroatoms. The van der Waals surface area contributed by atoms with E-state index < -0.39 is 4.92 Å². The van der Waals surface area contributed by atoms with Crippen molar-refractivity contribution in [1.29, 1.82) is 0 Å². The average molecular weight is 339 g/mol. The Morgan fingerprint density at radius 1 is 1.50 bits per heavy atom. The number of nitro benzene ring substituents is 1. The van der Waals surface area contributed by atoms with Crippen molar-refractivity contribution in [2.45, 2.75) is 19.9 Å². The highest BCUT2D eigenvalue weighted by Gasteiger charge is 2.15. The van der Waals surface area contributed by atoms with Gasteiger partial charge in [0.2, 0.25) is 0 Å². The van der Waals surface area contributed by atoms with Gasteiger partial charge in [-0.2, -0.15) is 5.10 Å². The Morgan fingerprint density at radius 2 is 2.25 bits per heavy atom. The summed E-state index contributed by atoms with van der Waals surface area (Å²) in [4.78, 5) is 10.5. The zero-order chi connectivity index (χ0) is 14.7. The van der Waals surface area contributed by atoms with Crippen LogP contribution in [0, 0.1) is 10.1 Å². The molecule has 0 unspecified atom stereocenters. The zero-order valence-corrected chi connectivity index (χ0v) is 12.8. The molecular formula is C13H15BrN4O2. The van der Waals surface area contributed by atoms with E-state index in [-0.39, 0.29) is 5.69 Å². The maximum atomic E-state index is 10.9. The number of aromatic nitrogens is 2. The van der Waals surface area contributed by atoms with Crippen molar-refractivity contribution in [2.24, 2.45) is 7.05 Å². The van der Waals surface area contributed by atoms with Gasteiger partial charge in [0.1, 0.15) is 4.47 Å². The fourth-order valence-corrected chi connectivity index (χ4v) is 2.53. The lowest BCUT2D eigenvalue weighted by Gasteiger charge is -2.07. The fourth-order valence-electron chi connectivity index (χ4n) is 1.98. The lowest BCUT2D eigenvalue weighted by atomic mass is 10.2. The van der Waals surface area contributed by atoms with E-state index in [0.717, 1.165) is 23.4 Å². The number of benzene rings is 1. The van der Waals surface area contributed by atoms with Crippen molar-refractivity contribution < 1.29 is 4.92 Å². The van der Waals surface area contributed by atoms with Gasteiger partial charge < -0.3 is 5.32 Å². The predicted octanol–water partition coefficient (Wildman–Crippen LogP) is 3.27. The van der Waals surface area contributed by atoms with Crippen LogP contribution in [0.1, 0.15) is 18.2 Å². The molecule has 1 aromatic heterocycles. The molecule has 0 bridgehead atoms. The minimum absolute atomic E-state index is 0.0752. The molecule has 0 fully saturated rings. The van der Waals surface area contributed by atoms with Gasteiger partial charge in [-0.3, -0.25) is 14.8 Å². The molecule has 0 aliphatic rings. The number of nitro groups is 1. The summed E-state index contributed by atoms with van der Waals surface area (Å²) in [7, 11) is 1.87. The molecule has 20 heavy (non-hydrogen) atoms. The summed E-state index contributed by atoms with van der Waals surface area (Å²) in [6.45, 7) is 2.54. The molecule has 0 saturated carbocycles. The van der Waals surface area contributed by atoms with Crippen molar-refractivity contribution in [2.75, 3.05) is 5.32 Å². The van der Waals surface area contributed by atoms with E-state index in [1.165, 1.54) is 6.07 Å². The molecular weight excluding hydrogens is 324 g/mol. The van der Waals surface area contributed by atoms with Crippen molar-refractivity contribution in [3.63, 3.8) is 0 Å². The van der Waals surface area contributed by atoms with Crippen LogP contribution in [0.25, 0.3) is 0 Å². The fraction of sp³-hybridized carbons (Fsp3) is 0.308. The minimum atomic E-state index is -0.394. The number of halogens is 1. The van der Waals surface area contributed by atoms with Gasteiger partial charge in [-0.1, -0.05) is 19.1 Å². The summed E-state index contributed by atoms with van der Waals surface area (Å²) in [5.41, 5.74) is 2.85. The van der Waals surface area contributed by atoms with Gasteiger partial charge in [0.25, 0.3) is 5.69 Å². The SMILES string of the molecule is CCc1nn(C)cc1NCc1cccc([N+](=O)[O-])c1Br. The molecule has 0 aliphatic heterocycles. The minimum Gasteiger partial charge on any atom is -0.378 e. The maximum Gasteiger partial charge on any atom is 0.283 e. The topological polar surface area (TPSA) is 73.0 Å². The molecule has 1 N–H and O–H groups in total. The van der Waals surface area contributed by atoms with Crippen molar-refractivity contribution in [3.8, 4) is 0 Å². The van der Waals surface area contributed by atoms with Gasteiger partial charge in [-0.05, 0) is 27.9 Å². The Bertz CT molecular complexity index is 639. The molecule has 2 aromatic rings. The van der Waals surface area contributed by atoms with Crippen LogP contribution in [0.15, 0.2) is 28.9 Å². The summed E-state index contributed by atoms with van der Waals surface area (Å²) >= 11 is 3.29. The van der Waals surface area contributed by atoms with Crippen LogP contribution in [-0.4, -0.2) is 14.7 Å². The average Bonchev–Trinajstić information content (AvgIpc) is 2.77. The molecule has 6 nitrogen and oxygen atoms in total. The Hall–Kier alpha value is -1.89. The molecule has 1 aromatic carbocycles. The number of rotatable bonds is 5.